The highest BCUT2D eigenvalue weighted by molar-refractivity contribution is 5.39. The Bertz CT molecular complexity index is 3060. The van der Waals surface area contributed by atoms with Gasteiger partial charge < -0.3 is 30.4 Å². The molecule has 9 heteroatoms. The third-order valence-electron chi connectivity index (χ3n) is 14.5. The highest BCUT2D eigenvalue weighted by Gasteiger charge is 2.60. The van der Waals surface area contributed by atoms with Crippen molar-refractivity contribution in [3.8, 4) is 184 Å². The van der Waals surface area contributed by atoms with Gasteiger partial charge >= 0.3 is 5.97 Å². The predicted molar refractivity (Wildman–Crippen MR) is 347 cm³/mol. The van der Waals surface area contributed by atoms with Crippen LogP contribution in [0.15, 0.2) is 48.5 Å². The molecule has 0 fully saturated rings. The minimum absolute atomic E-state index is 0.0340. The fourth-order valence-electron chi connectivity index (χ4n) is 9.95. The Kier molecular flexibility index (Phi) is 33.9. The van der Waals surface area contributed by atoms with Crippen LogP contribution in [-0.2, 0) is 31.8 Å². The summed E-state index contributed by atoms with van der Waals surface area (Å²) in [6.45, 7) is -0.702. The highest BCUT2D eigenvalue weighted by Crippen LogP contribution is 2.47. The highest BCUT2D eigenvalue weighted by atomic mass is 16.9. The standard InChI is InChI=1S/C76H83N5O4/c1-13-25-32-36-37-40-52-71(64-68-48-44-66(23-11)45-49-68,65-69-50-46-67(24-12)47-51-69)70(77)73(56-42-34-27-15-3,81(59-20-8)60-21-9)82-63-58-74(78,79)76(83-61-22-10,84-62-43-35-28-16-4)85-75(80,57-31-19-7)72(53-38-29-17-5,54-39-30-18-6)55-41-33-26-14-2/h1-12,44-51,70H,25-39,42-43,53-54,56-57,59-62,64-65,77-80H2. The third-order valence-corrected chi connectivity index (χ3v) is 14.5. The monoisotopic (exact) mass is 1130 g/mol. The quantitative estimate of drug-likeness (QED) is 0.0296. The lowest BCUT2D eigenvalue weighted by atomic mass is 9.67. The molecule has 2 rings (SSSR count). The van der Waals surface area contributed by atoms with Gasteiger partial charge in [-0.05, 0) is 118 Å². The fourth-order valence-corrected chi connectivity index (χ4v) is 9.95. The van der Waals surface area contributed by atoms with Gasteiger partial charge in [0.2, 0.25) is 5.66 Å². The Labute approximate surface area is 512 Å². The number of nitrogens with zero attached hydrogens (tertiary/aromatic N) is 1. The average molecular weight is 1130 g/mol. The van der Waals surface area contributed by atoms with E-state index in [-0.39, 0.29) is 51.8 Å². The first-order valence-electron chi connectivity index (χ1n) is 28.6. The predicted octanol–water partition coefficient (Wildman–Crippen LogP) is 9.21. The normalized spacial score (nSPS) is 13.1. The molecule has 4 atom stereocenters. The first kappa shape index (κ1) is 72.4. The Morgan fingerprint density at radius 3 is 1.44 bits per heavy atom. The van der Waals surface area contributed by atoms with Crippen molar-refractivity contribution in [2.24, 2.45) is 33.8 Å². The summed E-state index contributed by atoms with van der Waals surface area (Å²) in [5.41, 5.74) is 25.0. The van der Waals surface area contributed by atoms with Crippen LogP contribution >= 0.6 is 0 Å². The van der Waals surface area contributed by atoms with Crippen LogP contribution in [0.25, 0.3) is 0 Å². The number of terminal acetylenes is 12. The Balaban J connectivity index is 3.42. The summed E-state index contributed by atoms with van der Waals surface area (Å²) in [5, 5.41) is 0. The lowest BCUT2D eigenvalue weighted by Crippen LogP contribution is -2.74. The summed E-state index contributed by atoms with van der Waals surface area (Å²) in [4.78, 5) is 1.79. The van der Waals surface area contributed by atoms with E-state index in [0.29, 0.717) is 114 Å². The summed E-state index contributed by atoms with van der Waals surface area (Å²) in [6, 6.07) is 14.1. The van der Waals surface area contributed by atoms with Crippen LogP contribution in [-0.4, -0.2) is 60.3 Å². The maximum atomic E-state index is 8.06. The second-order valence-electron chi connectivity index (χ2n) is 20.6. The SMILES string of the molecule is C#CCCC#CC(CCCC#C)(CCCC#C)C(N)(CCC#C)OC(OCC#C)(OCCCCC#C)C(N)(N)C#COC(CCCCC#C)(C(N)C(C#CCCCCC#C)(Cc1ccc(C#C)cc1)Cc1ccc(C#C)cc1)N(CC#C)CC#C. The van der Waals surface area contributed by atoms with Crippen molar-refractivity contribution in [3.63, 3.8) is 0 Å². The van der Waals surface area contributed by atoms with Gasteiger partial charge in [-0.15, -0.1) is 130 Å². The molecular formula is C76H83N5O4. The van der Waals surface area contributed by atoms with Crippen LogP contribution in [0.4, 0.5) is 0 Å². The van der Waals surface area contributed by atoms with E-state index < -0.39 is 46.6 Å². The molecule has 9 nitrogen and oxygen atoms in total. The molecule has 0 saturated carbocycles. The lowest BCUT2D eigenvalue weighted by Gasteiger charge is -2.52. The number of benzene rings is 2. The molecule has 0 aliphatic heterocycles. The summed E-state index contributed by atoms with van der Waals surface area (Å²) in [6.07, 6.45) is 82.6. The van der Waals surface area contributed by atoms with Crippen molar-refractivity contribution in [3.05, 3.63) is 70.8 Å². The van der Waals surface area contributed by atoms with Crippen molar-refractivity contribution in [1.29, 1.82) is 0 Å². The first-order chi connectivity index (χ1) is 41.1. The van der Waals surface area contributed by atoms with Crippen molar-refractivity contribution < 1.29 is 18.9 Å². The minimum Gasteiger partial charge on any atom is -0.422 e. The molecule has 0 radical (unpaired) electrons. The van der Waals surface area contributed by atoms with E-state index in [9.17, 15) is 0 Å². The molecule has 0 aliphatic carbocycles. The van der Waals surface area contributed by atoms with Gasteiger partial charge in [-0.1, -0.05) is 65.7 Å². The topological polar surface area (TPSA) is 144 Å². The number of hydrogen-bond acceptors (Lipinski definition) is 9. The van der Waals surface area contributed by atoms with E-state index in [4.69, 9.17) is 119 Å². The zero-order valence-corrected chi connectivity index (χ0v) is 49.6. The van der Waals surface area contributed by atoms with Crippen molar-refractivity contribution in [2.45, 2.75) is 177 Å². The van der Waals surface area contributed by atoms with E-state index in [1.54, 1.807) is 4.90 Å². The van der Waals surface area contributed by atoms with Crippen LogP contribution < -0.4 is 22.9 Å². The van der Waals surface area contributed by atoms with E-state index in [1.165, 1.54) is 0 Å². The van der Waals surface area contributed by atoms with Crippen molar-refractivity contribution >= 4 is 0 Å². The average Bonchev–Trinajstić information content (AvgIpc) is 2.19. The lowest BCUT2D eigenvalue weighted by molar-refractivity contribution is -0.437. The molecule has 0 saturated heterocycles. The van der Waals surface area contributed by atoms with Crippen LogP contribution in [0.5, 0.6) is 0 Å². The number of nitrogens with two attached hydrogens (primary N) is 4. The van der Waals surface area contributed by atoms with Gasteiger partial charge in [0, 0.05) is 81.8 Å². The fraction of sp³-hybridized carbons (Fsp3) is 0.447. The number of ether oxygens (including phenoxy) is 4. The summed E-state index contributed by atoms with van der Waals surface area (Å²) < 4.78 is 27.6. The third kappa shape index (κ3) is 22.4. The molecule has 436 valence electrons. The molecule has 0 heterocycles. The Hall–Kier alpha value is -8.68. The van der Waals surface area contributed by atoms with E-state index in [1.807, 2.05) is 48.5 Å². The van der Waals surface area contributed by atoms with Crippen LogP contribution in [0.2, 0.25) is 0 Å². The van der Waals surface area contributed by atoms with E-state index in [0.717, 1.165) is 24.0 Å². The molecule has 4 unspecified atom stereocenters. The van der Waals surface area contributed by atoms with Gasteiger partial charge in [0.25, 0.3) is 0 Å². The zero-order chi connectivity index (χ0) is 62.8. The second kappa shape index (κ2) is 39.7. The van der Waals surface area contributed by atoms with Crippen molar-refractivity contribution in [1.82, 2.24) is 4.90 Å². The maximum absolute atomic E-state index is 8.06. The summed E-state index contributed by atoms with van der Waals surface area (Å²) >= 11 is 0. The van der Waals surface area contributed by atoms with Gasteiger partial charge in [0.05, 0.1) is 36.6 Å². The molecule has 0 amide bonds. The molecule has 0 aliphatic rings. The van der Waals surface area contributed by atoms with E-state index in [2.05, 4.69) is 107 Å². The first-order valence-corrected chi connectivity index (χ1v) is 28.6. The van der Waals surface area contributed by atoms with Crippen LogP contribution in [0.3, 0.4) is 0 Å². The van der Waals surface area contributed by atoms with Crippen LogP contribution in [0.1, 0.15) is 157 Å². The summed E-state index contributed by atoms with van der Waals surface area (Å²) in [5.74, 6) is 46.6. The van der Waals surface area contributed by atoms with Gasteiger partial charge in [0.1, 0.15) is 18.4 Å². The van der Waals surface area contributed by atoms with E-state index >= 15 is 0 Å². The Morgan fingerprint density at radius 2 is 0.941 bits per heavy atom. The number of rotatable bonds is 37. The molecule has 2 aromatic rings. The molecule has 0 bridgehead atoms. The van der Waals surface area contributed by atoms with Gasteiger partial charge in [-0.2, -0.15) is 0 Å². The second-order valence-corrected chi connectivity index (χ2v) is 20.6. The molecule has 0 aromatic heterocycles. The molecule has 85 heavy (non-hydrogen) atoms. The van der Waals surface area contributed by atoms with Gasteiger partial charge in [-0.25, -0.2) is 4.90 Å². The molecule has 8 N–H and O–H groups in total. The maximum Gasteiger partial charge on any atom is 0.331 e. The van der Waals surface area contributed by atoms with Crippen molar-refractivity contribution in [2.75, 3.05) is 26.3 Å². The number of hydrogen-bond donors (Lipinski definition) is 4. The zero-order valence-electron chi connectivity index (χ0n) is 49.6. The smallest absolute Gasteiger partial charge is 0.331 e. The molecule has 0 spiro atoms. The van der Waals surface area contributed by atoms with Gasteiger partial charge in [-0.3, -0.25) is 11.5 Å². The van der Waals surface area contributed by atoms with Gasteiger partial charge in [0.15, 0.2) is 5.72 Å². The van der Waals surface area contributed by atoms with Crippen LogP contribution in [0, 0.1) is 195 Å². The molecular weight excluding hydrogens is 1050 g/mol. The summed E-state index contributed by atoms with van der Waals surface area (Å²) in [7, 11) is 0. The molecule has 2 aromatic carbocycles. The Morgan fingerprint density at radius 1 is 0.459 bits per heavy atom. The minimum atomic E-state index is -2.63. The number of unbranched alkanes of at least 4 members (excludes halogenated alkanes) is 10. The largest absolute Gasteiger partial charge is 0.422 e.